The van der Waals surface area contributed by atoms with Gasteiger partial charge in [-0.3, -0.25) is 4.79 Å². The lowest BCUT2D eigenvalue weighted by molar-refractivity contribution is -0.138. The lowest BCUT2D eigenvalue weighted by atomic mass is 10.1. The molecule has 0 saturated carbocycles. The van der Waals surface area contributed by atoms with Crippen LogP contribution in [0.4, 0.5) is 13.2 Å². The number of halogens is 3. The highest BCUT2D eigenvalue weighted by atomic mass is 32.2. The number of benzene rings is 2. The number of hydrogen-bond acceptors (Lipinski definition) is 2. The quantitative estimate of drug-likeness (QED) is 0.749. The van der Waals surface area contributed by atoms with E-state index in [1.54, 1.807) is 18.2 Å². The molecule has 1 fully saturated rings. The molecule has 3 rings (SSSR count). The predicted octanol–water partition coefficient (Wildman–Crippen LogP) is 5.16. The third-order valence-corrected chi connectivity index (χ3v) is 5.54. The van der Waals surface area contributed by atoms with Crippen LogP contribution in [0.1, 0.15) is 39.3 Å². The average molecular weight is 365 g/mol. The molecule has 2 aromatic rings. The van der Waals surface area contributed by atoms with E-state index in [2.05, 4.69) is 0 Å². The van der Waals surface area contributed by atoms with E-state index in [0.29, 0.717) is 17.9 Å². The van der Waals surface area contributed by atoms with Crippen molar-refractivity contribution in [3.63, 3.8) is 0 Å². The molecule has 1 amide bonds. The molecule has 132 valence electrons. The highest BCUT2D eigenvalue weighted by Crippen LogP contribution is 2.44. The Morgan fingerprint density at radius 3 is 2.48 bits per heavy atom. The van der Waals surface area contributed by atoms with E-state index in [4.69, 9.17) is 0 Å². The largest absolute Gasteiger partial charge is 0.416 e. The summed E-state index contributed by atoms with van der Waals surface area (Å²) in [5.74, 6) is 0.393. The van der Waals surface area contributed by atoms with Crippen molar-refractivity contribution in [2.75, 3.05) is 12.3 Å². The van der Waals surface area contributed by atoms with Gasteiger partial charge in [0.15, 0.2) is 0 Å². The second-order valence-corrected chi connectivity index (χ2v) is 7.05. The van der Waals surface area contributed by atoms with E-state index in [1.165, 1.54) is 28.8 Å². The van der Waals surface area contributed by atoms with E-state index in [9.17, 15) is 18.0 Å². The summed E-state index contributed by atoms with van der Waals surface area (Å²) in [6, 6.07) is 12.8. The molecular weight excluding hydrogens is 347 g/mol. The molecule has 0 N–H and O–H groups in total. The van der Waals surface area contributed by atoms with Crippen LogP contribution >= 0.6 is 11.8 Å². The topological polar surface area (TPSA) is 20.3 Å². The number of hydrogen-bond donors (Lipinski definition) is 0. The first-order valence-electron chi connectivity index (χ1n) is 8.09. The van der Waals surface area contributed by atoms with E-state index in [0.717, 1.165) is 18.1 Å². The van der Waals surface area contributed by atoms with Crippen LogP contribution in [0.25, 0.3) is 0 Å². The molecule has 25 heavy (non-hydrogen) atoms. The van der Waals surface area contributed by atoms with Crippen molar-refractivity contribution in [3.05, 3.63) is 70.8 Å². The minimum absolute atomic E-state index is 0.149. The zero-order valence-corrected chi connectivity index (χ0v) is 14.5. The molecule has 2 aromatic carbocycles. The number of carbonyl (C=O) groups is 1. The van der Waals surface area contributed by atoms with E-state index >= 15 is 0 Å². The second kappa shape index (κ2) is 7.12. The van der Waals surface area contributed by atoms with Gasteiger partial charge in [-0.25, -0.2) is 0 Å². The van der Waals surface area contributed by atoms with Gasteiger partial charge >= 0.3 is 6.18 Å². The van der Waals surface area contributed by atoms with Crippen molar-refractivity contribution in [2.24, 2.45) is 0 Å². The molecule has 0 spiro atoms. The maximum absolute atomic E-state index is 13.3. The van der Waals surface area contributed by atoms with Crippen LogP contribution in [0, 0.1) is 0 Å². The van der Waals surface area contributed by atoms with Crippen molar-refractivity contribution in [3.8, 4) is 0 Å². The summed E-state index contributed by atoms with van der Waals surface area (Å²) in [6.45, 7) is 2.47. The van der Waals surface area contributed by atoms with E-state index < -0.39 is 17.1 Å². The zero-order chi connectivity index (χ0) is 18.0. The van der Waals surface area contributed by atoms with Gasteiger partial charge in [0.25, 0.3) is 5.91 Å². The van der Waals surface area contributed by atoms with Crippen molar-refractivity contribution in [2.45, 2.75) is 24.9 Å². The van der Waals surface area contributed by atoms with Gasteiger partial charge in [0.1, 0.15) is 5.37 Å². The first-order valence-corrected chi connectivity index (χ1v) is 9.14. The van der Waals surface area contributed by atoms with Gasteiger partial charge in [-0.15, -0.1) is 11.8 Å². The number of rotatable bonds is 3. The van der Waals surface area contributed by atoms with Crippen molar-refractivity contribution in [1.29, 1.82) is 0 Å². The Bertz CT molecular complexity index is 758. The Morgan fingerprint density at radius 1 is 1.16 bits per heavy atom. The van der Waals surface area contributed by atoms with Gasteiger partial charge in [0, 0.05) is 17.9 Å². The number of aryl methyl sites for hydroxylation is 1. The summed E-state index contributed by atoms with van der Waals surface area (Å²) in [5, 5.41) is -0.615. The van der Waals surface area contributed by atoms with Crippen molar-refractivity contribution >= 4 is 17.7 Å². The molecule has 0 aromatic heterocycles. The number of carbonyl (C=O) groups excluding carboxylic acids is 1. The number of thioether (sulfide) groups is 1. The monoisotopic (exact) mass is 365 g/mol. The number of amides is 1. The Kier molecular flexibility index (Phi) is 5.08. The standard InChI is InChI=1S/C19H18F3NOS/c1-2-13-7-9-14(10-8-13)17(24)23-11-12-25-18(23)15-5-3-4-6-16(15)19(20,21)22/h3-10,18H,2,11-12H2,1H3. The molecule has 6 heteroatoms. The lowest BCUT2D eigenvalue weighted by Crippen LogP contribution is -2.31. The van der Waals surface area contributed by atoms with Crippen molar-refractivity contribution in [1.82, 2.24) is 4.90 Å². The van der Waals surface area contributed by atoms with Gasteiger partial charge in [-0.1, -0.05) is 37.3 Å². The summed E-state index contributed by atoms with van der Waals surface area (Å²) in [4.78, 5) is 14.4. The zero-order valence-electron chi connectivity index (χ0n) is 13.7. The summed E-state index contributed by atoms with van der Waals surface area (Å²) >= 11 is 1.37. The van der Waals surface area contributed by atoms with Crippen molar-refractivity contribution < 1.29 is 18.0 Å². The fourth-order valence-electron chi connectivity index (χ4n) is 2.95. The van der Waals surface area contributed by atoms with Gasteiger partial charge in [0.2, 0.25) is 0 Å². The molecule has 0 aliphatic carbocycles. The minimum atomic E-state index is -4.43. The molecule has 1 saturated heterocycles. The molecule has 0 bridgehead atoms. The second-order valence-electron chi connectivity index (χ2n) is 5.86. The van der Waals surface area contributed by atoms with Gasteiger partial charge in [-0.2, -0.15) is 13.2 Å². The highest BCUT2D eigenvalue weighted by molar-refractivity contribution is 7.99. The Hall–Kier alpha value is -1.95. The fourth-order valence-corrected chi connectivity index (χ4v) is 4.25. The SMILES string of the molecule is CCc1ccc(C(=O)N2CCSC2c2ccccc2C(F)(F)F)cc1. The maximum atomic E-state index is 13.3. The summed E-state index contributed by atoms with van der Waals surface area (Å²) in [6.07, 6.45) is -3.56. The fraction of sp³-hybridized carbons (Fsp3) is 0.316. The van der Waals surface area contributed by atoms with Crippen LogP contribution in [0.2, 0.25) is 0 Å². The number of nitrogens with zero attached hydrogens (tertiary/aromatic N) is 1. The van der Waals surface area contributed by atoms with Crippen LogP contribution in [-0.2, 0) is 12.6 Å². The molecule has 1 atom stereocenters. The smallest absolute Gasteiger partial charge is 0.322 e. The third-order valence-electron chi connectivity index (χ3n) is 4.29. The predicted molar refractivity (Wildman–Crippen MR) is 93.5 cm³/mol. The summed E-state index contributed by atoms with van der Waals surface area (Å²) < 4.78 is 40.0. The maximum Gasteiger partial charge on any atom is 0.416 e. The summed E-state index contributed by atoms with van der Waals surface area (Å²) in [7, 11) is 0. The molecule has 1 heterocycles. The molecule has 1 unspecified atom stereocenters. The Morgan fingerprint density at radius 2 is 1.84 bits per heavy atom. The molecule has 2 nitrogen and oxygen atoms in total. The molecule has 0 radical (unpaired) electrons. The van der Waals surface area contributed by atoms with Crippen LogP contribution in [0.3, 0.4) is 0 Å². The highest BCUT2D eigenvalue weighted by Gasteiger charge is 2.39. The van der Waals surface area contributed by atoms with Crippen LogP contribution in [-0.4, -0.2) is 23.1 Å². The van der Waals surface area contributed by atoms with Crippen LogP contribution < -0.4 is 0 Å². The molecule has 1 aliphatic rings. The lowest BCUT2D eigenvalue weighted by Gasteiger charge is -2.26. The van der Waals surface area contributed by atoms with Gasteiger partial charge in [-0.05, 0) is 35.7 Å². The van der Waals surface area contributed by atoms with Crippen LogP contribution in [0.5, 0.6) is 0 Å². The third kappa shape index (κ3) is 3.68. The van der Waals surface area contributed by atoms with E-state index in [-0.39, 0.29) is 11.5 Å². The van der Waals surface area contributed by atoms with Gasteiger partial charge in [0.05, 0.1) is 5.56 Å². The first-order chi connectivity index (χ1) is 11.9. The van der Waals surface area contributed by atoms with E-state index in [1.807, 2.05) is 19.1 Å². The molecule has 1 aliphatic heterocycles. The first kappa shape index (κ1) is 17.9. The Labute approximate surface area is 149 Å². The Balaban J connectivity index is 1.92. The minimum Gasteiger partial charge on any atom is -0.322 e. The van der Waals surface area contributed by atoms with Gasteiger partial charge < -0.3 is 4.90 Å². The molecular formula is C19H18F3NOS. The summed E-state index contributed by atoms with van der Waals surface area (Å²) in [5.41, 5.74) is 1.10. The van der Waals surface area contributed by atoms with Crippen LogP contribution in [0.15, 0.2) is 48.5 Å². The average Bonchev–Trinajstić information content (AvgIpc) is 3.10. The number of alkyl halides is 3. The normalized spacial score (nSPS) is 17.8.